The molecule has 0 spiro atoms. The summed E-state index contributed by atoms with van der Waals surface area (Å²) in [4.78, 5) is 21.1. The molecule has 1 aliphatic rings. The first kappa shape index (κ1) is 40.5. The van der Waals surface area contributed by atoms with E-state index in [1.165, 1.54) is 0 Å². The molecule has 3 aromatic carbocycles. The van der Waals surface area contributed by atoms with Gasteiger partial charge in [0.1, 0.15) is 5.75 Å². The van der Waals surface area contributed by atoms with Crippen molar-refractivity contribution in [2.75, 3.05) is 36.2 Å². The van der Waals surface area contributed by atoms with Gasteiger partial charge in [0.15, 0.2) is 0 Å². The first-order chi connectivity index (χ1) is 24.8. The van der Waals surface area contributed by atoms with Crippen molar-refractivity contribution in [2.45, 2.75) is 77.0 Å². The molecule has 12 heteroatoms. The third kappa shape index (κ3) is 12.8. The summed E-state index contributed by atoms with van der Waals surface area (Å²) in [7, 11) is -4.87. The molecule has 1 amide bonds. The number of unbranched alkanes of at least 4 members (excludes halogenated alkanes) is 1. The van der Waals surface area contributed by atoms with Crippen LogP contribution in [0.5, 0.6) is 5.75 Å². The number of amides is 1. The van der Waals surface area contributed by atoms with Gasteiger partial charge in [-0.15, -0.1) is 0 Å². The number of anilines is 2. The number of hydrogen-bond donors (Lipinski definition) is 2. The Morgan fingerprint density at radius 1 is 1.02 bits per heavy atom. The van der Waals surface area contributed by atoms with E-state index in [2.05, 4.69) is 83.9 Å². The highest BCUT2D eigenvalue weighted by atomic mass is 32.2. The highest BCUT2D eigenvalue weighted by molar-refractivity contribution is 7.85. The lowest BCUT2D eigenvalue weighted by Gasteiger charge is -2.30. The minimum Gasteiger partial charge on any atom is -0.494 e. The Bertz CT molecular complexity index is 1910. The summed E-state index contributed by atoms with van der Waals surface area (Å²) < 4.78 is 46.9. The van der Waals surface area contributed by atoms with Crippen molar-refractivity contribution >= 4 is 44.3 Å². The fourth-order valence-electron chi connectivity index (χ4n) is 5.90. The molecule has 0 fully saturated rings. The Labute approximate surface area is 311 Å². The number of ether oxygens (including phenoxy) is 1. The zero-order valence-electron chi connectivity index (χ0n) is 30.9. The Morgan fingerprint density at radius 3 is 2.37 bits per heavy atom. The smallest absolute Gasteiger partial charge is 0.261 e. The van der Waals surface area contributed by atoms with Crippen molar-refractivity contribution in [3.8, 4) is 16.9 Å². The van der Waals surface area contributed by atoms with E-state index in [0.29, 0.717) is 30.0 Å². The Hall–Kier alpha value is -4.26. The van der Waals surface area contributed by atoms with E-state index in [1.807, 2.05) is 36.4 Å². The normalized spacial score (nSPS) is 14.6. The molecule has 52 heavy (non-hydrogen) atoms. The van der Waals surface area contributed by atoms with Gasteiger partial charge in [0.05, 0.1) is 41.4 Å². The number of nitrogens with one attached hydrogen (secondary N) is 1. The van der Waals surface area contributed by atoms with Gasteiger partial charge in [-0.25, -0.2) is 4.98 Å². The number of imidazole rings is 1. The van der Waals surface area contributed by atoms with Crippen LogP contribution in [0.3, 0.4) is 0 Å². The molecule has 0 radical (unpaired) electrons. The van der Waals surface area contributed by atoms with E-state index in [1.54, 1.807) is 12.5 Å². The van der Waals surface area contributed by atoms with Gasteiger partial charge in [-0.2, -0.15) is 8.42 Å². The zero-order chi connectivity index (χ0) is 37.7. The summed E-state index contributed by atoms with van der Waals surface area (Å²) in [5, 5.41) is 3.10. The molecule has 0 saturated heterocycles. The molecule has 4 aromatic rings. The van der Waals surface area contributed by atoms with Crippen molar-refractivity contribution < 1.29 is 26.7 Å². The molecule has 0 bridgehead atoms. The van der Waals surface area contributed by atoms with Gasteiger partial charge in [-0.3, -0.25) is 13.6 Å². The second kappa shape index (κ2) is 19.5. The summed E-state index contributed by atoms with van der Waals surface area (Å²) in [6.45, 7) is 12.2. The highest BCUT2D eigenvalue weighted by Gasteiger charge is 2.20. The maximum atomic E-state index is 13.7. The van der Waals surface area contributed by atoms with Gasteiger partial charge in [0.2, 0.25) is 0 Å². The van der Waals surface area contributed by atoms with Gasteiger partial charge >= 0.3 is 0 Å². The first-order valence-electron chi connectivity index (χ1n) is 17.9. The highest BCUT2D eigenvalue weighted by Crippen LogP contribution is 2.33. The quantitative estimate of drug-likeness (QED) is 0.0975. The van der Waals surface area contributed by atoms with E-state index in [0.717, 1.165) is 96.2 Å². The maximum Gasteiger partial charge on any atom is 0.261 e. The largest absolute Gasteiger partial charge is 0.494 e. The number of benzene rings is 3. The number of fused-ring (bicyclic) bond motifs is 1. The van der Waals surface area contributed by atoms with Crippen molar-refractivity contribution in [2.24, 2.45) is 5.92 Å². The number of hydrogen-bond acceptors (Lipinski definition) is 7. The Morgan fingerprint density at radius 2 is 1.71 bits per heavy atom. The van der Waals surface area contributed by atoms with E-state index < -0.39 is 20.9 Å². The van der Waals surface area contributed by atoms with Crippen molar-refractivity contribution in [3.63, 3.8) is 0 Å². The van der Waals surface area contributed by atoms with E-state index in [9.17, 15) is 17.4 Å². The van der Waals surface area contributed by atoms with Crippen LogP contribution in [0.4, 0.5) is 11.4 Å². The van der Waals surface area contributed by atoms with Crippen molar-refractivity contribution in [1.29, 1.82) is 0 Å². The van der Waals surface area contributed by atoms with Crippen molar-refractivity contribution in [1.82, 2.24) is 9.55 Å². The second-order valence-corrected chi connectivity index (χ2v) is 16.3. The lowest BCUT2D eigenvalue weighted by Crippen LogP contribution is -2.30. The van der Waals surface area contributed by atoms with Gasteiger partial charge in [-0.05, 0) is 103 Å². The fraction of sp³-hybridized carbons (Fsp3) is 0.400. The topological polar surface area (TPSA) is 131 Å². The number of carbonyl (C=O) groups excluding carboxylic acids is 1. The minimum atomic E-state index is -3.67. The van der Waals surface area contributed by atoms with Crippen LogP contribution in [0.1, 0.15) is 71.1 Å². The van der Waals surface area contributed by atoms with Gasteiger partial charge in [0.25, 0.3) is 16.0 Å². The van der Waals surface area contributed by atoms with E-state index >= 15 is 0 Å². The number of rotatable bonds is 14. The predicted octanol–water partition coefficient (Wildman–Crippen LogP) is 8.23. The van der Waals surface area contributed by atoms with E-state index in [-0.39, 0.29) is 5.91 Å². The first-order valence-corrected chi connectivity index (χ1v) is 21.0. The molecule has 2 heterocycles. The van der Waals surface area contributed by atoms with Gasteiger partial charge < -0.3 is 19.5 Å². The van der Waals surface area contributed by atoms with Crippen LogP contribution in [0.2, 0.25) is 0 Å². The molecule has 1 aliphatic heterocycles. The lowest BCUT2D eigenvalue weighted by atomic mass is 9.96. The molecular weight excluding hydrogens is 697 g/mol. The van der Waals surface area contributed by atoms with Crippen LogP contribution in [-0.2, 0) is 38.0 Å². The number of aromatic nitrogens is 2. The monoisotopic (exact) mass is 748 g/mol. The average molecular weight is 749 g/mol. The lowest BCUT2D eigenvalue weighted by molar-refractivity contribution is -0.112. The third-order valence-electron chi connectivity index (χ3n) is 8.32. The maximum absolute atomic E-state index is 13.7. The van der Waals surface area contributed by atoms with Gasteiger partial charge in [0, 0.05) is 47.7 Å². The van der Waals surface area contributed by atoms with Crippen LogP contribution in [0, 0.1) is 5.92 Å². The van der Waals surface area contributed by atoms with Crippen molar-refractivity contribution in [3.05, 3.63) is 96.1 Å². The van der Waals surface area contributed by atoms with Gasteiger partial charge in [-0.1, -0.05) is 52.3 Å². The second-order valence-electron chi connectivity index (χ2n) is 13.4. The average Bonchev–Trinajstić information content (AvgIpc) is 3.52. The van der Waals surface area contributed by atoms with Crippen LogP contribution < -0.4 is 15.0 Å². The summed E-state index contributed by atoms with van der Waals surface area (Å²) in [5.74, 6) is 1.70. The molecule has 1 aromatic heterocycles. The third-order valence-corrected chi connectivity index (χ3v) is 9.68. The molecular formula is C40H52N4O6S2. The number of carbonyl (C=O) groups is 1. The van der Waals surface area contributed by atoms with Crippen LogP contribution in [-0.4, -0.2) is 58.6 Å². The molecule has 2 N–H and O–H groups in total. The van der Waals surface area contributed by atoms with E-state index in [4.69, 9.17) is 9.29 Å². The number of aryl methyl sites for hydroxylation is 1. The minimum absolute atomic E-state index is 0.107. The fourth-order valence-corrected chi connectivity index (χ4v) is 7.01. The van der Waals surface area contributed by atoms with Crippen LogP contribution >= 0.6 is 0 Å². The predicted molar refractivity (Wildman–Crippen MR) is 212 cm³/mol. The summed E-state index contributed by atoms with van der Waals surface area (Å²) in [6.07, 6.45) is 11.1. The summed E-state index contributed by atoms with van der Waals surface area (Å²) >= 11 is 0. The Balaban J connectivity index is 0.00000113. The molecule has 10 nitrogen and oxygen atoms in total. The molecule has 1 atom stereocenters. The standard InChI is InChI=1S/C39H48N4O3S.CH4O3S/c1-5-7-22-46-36-15-10-30(11-16-36)31-12-19-38-33(23-31)24-32(9-8-21-42(38)26-29(3)4)39(44)41-34-13-17-37(18-14-34)47(45)27-35-25-40-28-43(35)20-6-2;1-5(2,3)4/h10-19,23-25,28-29H,5-9,20-22,26-27H2,1-4H3,(H,41,44);1H3,(H,2,3,4)/b32-24+;. The SMILES string of the molecule is CCCCOc1ccc(-c2ccc3c(c2)/C=C(/C(=O)Nc2ccc(S(=O)Cc4cncn4CCC)cc2)CCCN3CC(C)C)cc1.CS(=O)(=O)O. The molecule has 5 rings (SSSR count). The molecule has 0 aliphatic carbocycles. The summed E-state index contributed by atoms with van der Waals surface area (Å²) in [6, 6.07) is 22.2. The zero-order valence-corrected chi connectivity index (χ0v) is 32.5. The van der Waals surface area contributed by atoms with Crippen LogP contribution in [0.25, 0.3) is 17.2 Å². The summed E-state index contributed by atoms with van der Waals surface area (Å²) in [5.41, 5.74) is 6.81. The molecule has 1 unspecified atom stereocenters. The molecule has 280 valence electrons. The van der Waals surface area contributed by atoms with Crippen LogP contribution in [0.15, 0.2) is 89.7 Å². The molecule has 0 saturated carbocycles. The Kier molecular flexibility index (Phi) is 15.2. The number of nitrogens with zero attached hydrogens (tertiary/aromatic N) is 3.